The zero-order valence-corrected chi connectivity index (χ0v) is 15.7. The van der Waals surface area contributed by atoms with E-state index < -0.39 is 5.97 Å². The van der Waals surface area contributed by atoms with Crippen molar-refractivity contribution in [3.05, 3.63) is 72.1 Å². The largest absolute Gasteiger partial charge is 0.452 e. The van der Waals surface area contributed by atoms with Crippen molar-refractivity contribution < 1.29 is 14.3 Å². The Morgan fingerprint density at radius 3 is 2.57 bits per heavy atom. The molecule has 1 aromatic heterocycles. The van der Waals surface area contributed by atoms with E-state index in [1.807, 2.05) is 44.2 Å². The molecule has 0 fully saturated rings. The molecular formula is C20H21N5O3. The van der Waals surface area contributed by atoms with Gasteiger partial charge in [-0.05, 0) is 48.0 Å². The summed E-state index contributed by atoms with van der Waals surface area (Å²) in [5, 5.41) is 10.9. The van der Waals surface area contributed by atoms with Gasteiger partial charge in [-0.25, -0.2) is 9.48 Å². The third-order valence-corrected chi connectivity index (χ3v) is 4.16. The summed E-state index contributed by atoms with van der Waals surface area (Å²) in [5.74, 6) is -0.824. The molecule has 144 valence electrons. The van der Waals surface area contributed by atoms with Crippen molar-refractivity contribution in [2.75, 3.05) is 6.61 Å². The molecule has 0 atom stereocenters. The molecule has 0 unspecified atom stereocenters. The van der Waals surface area contributed by atoms with E-state index in [0.717, 1.165) is 5.56 Å². The number of nitrogens with zero attached hydrogens (tertiary/aromatic N) is 5. The Morgan fingerprint density at radius 2 is 1.89 bits per heavy atom. The van der Waals surface area contributed by atoms with Crippen LogP contribution in [0.4, 0.5) is 0 Å². The lowest BCUT2D eigenvalue weighted by atomic mass is 10.2. The predicted molar refractivity (Wildman–Crippen MR) is 102 cm³/mol. The summed E-state index contributed by atoms with van der Waals surface area (Å²) in [6.45, 7) is 4.00. The molecule has 0 aliphatic heterocycles. The molecule has 8 heteroatoms. The second-order valence-corrected chi connectivity index (χ2v) is 6.48. The number of benzene rings is 2. The molecule has 1 heterocycles. The number of aromatic nitrogens is 4. The highest BCUT2D eigenvalue weighted by Gasteiger charge is 2.19. The molecule has 3 rings (SSSR count). The molecule has 2 aromatic carbocycles. The number of ether oxygens (including phenoxy) is 1. The maximum atomic E-state index is 12.6. The molecule has 28 heavy (non-hydrogen) atoms. The molecule has 0 spiro atoms. The fraction of sp³-hybridized carbons (Fsp3) is 0.250. The second kappa shape index (κ2) is 8.90. The normalized spacial score (nSPS) is 10.7. The molecule has 0 radical (unpaired) electrons. The highest BCUT2D eigenvalue weighted by Crippen LogP contribution is 2.12. The van der Waals surface area contributed by atoms with Gasteiger partial charge in [0.2, 0.25) is 0 Å². The van der Waals surface area contributed by atoms with E-state index in [-0.39, 0.29) is 18.6 Å². The first kappa shape index (κ1) is 19.2. The van der Waals surface area contributed by atoms with Crippen LogP contribution in [0.3, 0.4) is 0 Å². The molecule has 0 saturated carbocycles. The summed E-state index contributed by atoms with van der Waals surface area (Å²) in [6, 6.07) is 16.4. The minimum Gasteiger partial charge on any atom is -0.452 e. The Morgan fingerprint density at radius 1 is 1.11 bits per heavy atom. The molecule has 0 saturated heterocycles. The number of hydrogen-bond acceptors (Lipinski definition) is 6. The second-order valence-electron chi connectivity index (χ2n) is 6.48. The lowest BCUT2D eigenvalue weighted by Crippen LogP contribution is -2.39. The van der Waals surface area contributed by atoms with Crippen molar-refractivity contribution in [2.45, 2.75) is 26.4 Å². The molecule has 0 aliphatic carbocycles. The number of hydrogen-bond donors (Lipinski definition) is 0. The van der Waals surface area contributed by atoms with Crippen molar-refractivity contribution in [1.29, 1.82) is 0 Å². The zero-order chi connectivity index (χ0) is 19.9. The summed E-state index contributed by atoms with van der Waals surface area (Å²) >= 11 is 0. The summed E-state index contributed by atoms with van der Waals surface area (Å²) in [6.07, 6.45) is 1.43. The predicted octanol–water partition coefficient (Wildman–Crippen LogP) is 2.26. The number of amides is 1. The quantitative estimate of drug-likeness (QED) is 0.585. The van der Waals surface area contributed by atoms with Gasteiger partial charge in [0.25, 0.3) is 5.91 Å². The zero-order valence-electron chi connectivity index (χ0n) is 15.7. The van der Waals surface area contributed by atoms with Gasteiger partial charge in [0, 0.05) is 12.6 Å². The van der Waals surface area contributed by atoms with Crippen molar-refractivity contribution in [1.82, 2.24) is 25.1 Å². The van der Waals surface area contributed by atoms with Gasteiger partial charge in [-0.1, -0.05) is 36.4 Å². The SMILES string of the molecule is CC(C)N(Cc1ccccc1)C(=O)COC(=O)c1cccc(-n2cnnn2)c1. The fourth-order valence-corrected chi connectivity index (χ4v) is 2.69. The maximum absolute atomic E-state index is 12.6. The van der Waals surface area contributed by atoms with E-state index in [4.69, 9.17) is 4.74 Å². The van der Waals surface area contributed by atoms with E-state index >= 15 is 0 Å². The first-order chi connectivity index (χ1) is 13.5. The van der Waals surface area contributed by atoms with Crippen LogP contribution in [0.5, 0.6) is 0 Å². The van der Waals surface area contributed by atoms with Gasteiger partial charge in [0.1, 0.15) is 6.33 Å². The smallest absolute Gasteiger partial charge is 0.338 e. The van der Waals surface area contributed by atoms with Crippen LogP contribution in [-0.4, -0.2) is 49.6 Å². The van der Waals surface area contributed by atoms with E-state index in [2.05, 4.69) is 15.5 Å². The summed E-state index contributed by atoms with van der Waals surface area (Å²) in [5.41, 5.74) is 1.96. The number of rotatable bonds is 7. The Kier molecular flexibility index (Phi) is 6.11. The van der Waals surface area contributed by atoms with Crippen LogP contribution in [0.1, 0.15) is 29.8 Å². The van der Waals surface area contributed by atoms with Crippen molar-refractivity contribution in [3.8, 4) is 5.69 Å². The lowest BCUT2D eigenvalue weighted by molar-refractivity contribution is -0.136. The maximum Gasteiger partial charge on any atom is 0.338 e. The first-order valence-electron chi connectivity index (χ1n) is 8.88. The highest BCUT2D eigenvalue weighted by molar-refractivity contribution is 5.91. The minimum atomic E-state index is -0.577. The summed E-state index contributed by atoms with van der Waals surface area (Å²) in [4.78, 5) is 26.6. The third-order valence-electron chi connectivity index (χ3n) is 4.16. The van der Waals surface area contributed by atoms with Gasteiger partial charge in [-0.3, -0.25) is 4.79 Å². The van der Waals surface area contributed by atoms with Crippen LogP contribution in [-0.2, 0) is 16.1 Å². The van der Waals surface area contributed by atoms with Crippen LogP contribution < -0.4 is 0 Å². The van der Waals surface area contributed by atoms with Gasteiger partial charge in [0.05, 0.1) is 11.3 Å². The van der Waals surface area contributed by atoms with Crippen LogP contribution in [0.25, 0.3) is 5.69 Å². The topological polar surface area (TPSA) is 90.2 Å². The molecule has 0 bridgehead atoms. The van der Waals surface area contributed by atoms with Crippen molar-refractivity contribution >= 4 is 11.9 Å². The van der Waals surface area contributed by atoms with Crippen LogP contribution in [0.2, 0.25) is 0 Å². The van der Waals surface area contributed by atoms with E-state index in [0.29, 0.717) is 17.8 Å². The minimum absolute atomic E-state index is 0.0189. The van der Waals surface area contributed by atoms with Crippen LogP contribution >= 0.6 is 0 Å². The average molecular weight is 379 g/mol. The third kappa shape index (κ3) is 4.79. The Bertz CT molecular complexity index is 926. The Hall–Kier alpha value is -3.55. The number of esters is 1. The van der Waals surface area contributed by atoms with Gasteiger partial charge in [-0.2, -0.15) is 0 Å². The number of carbonyl (C=O) groups is 2. The molecular weight excluding hydrogens is 358 g/mol. The van der Waals surface area contributed by atoms with Gasteiger partial charge < -0.3 is 9.64 Å². The fourth-order valence-electron chi connectivity index (χ4n) is 2.69. The standard InChI is InChI=1S/C20H21N5O3/c1-15(2)24(12-16-7-4-3-5-8-16)19(26)13-28-20(27)17-9-6-10-18(11-17)25-14-21-22-23-25/h3-11,14-15H,12-13H2,1-2H3. The van der Waals surface area contributed by atoms with E-state index in [1.54, 1.807) is 29.2 Å². The van der Waals surface area contributed by atoms with Crippen LogP contribution in [0.15, 0.2) is 60.9 Å². The summed E-state index contributed by atoms with van der Waals surface area (Å²) in [7, 11) is 0. The number of carbonyl (C=O) groups excluding carboxylic acids is 2. The van der Waals surface area contributed by atoms with Crippen LogP contribution in [0, 0.1) is 0 Å². The average Bonchev–Trinajstić information content (AvgIpc) is 3.25. The van der Waals surface area contributed by atoms with Crippen molar-refractivity contribution in [3.63, 3.8) is 0 Å². The first-order valence-corrected chi connectivity index (χ1v) is 8.88. The highest BCUT2D eigenvalue weighted by atomic mass is 16.5. The van der Waals surface area contributed by atoms with Gasteiger partial charge in [0.15, 0.2) is 6.61 Å². The number of tetrazole rings is 1. The monoisotopic (exact) mass is 379 g/mol. The molecule has 3 aromatic rings. The summed E-state index contributed by atoms with van der Waals surface area (Å²) < 4.78 is 6.67. The van der Waals surface area contributed by atoms with E-state index in [1.165, 1.54) is 11.0 Å². The molecule has 0 N–H and O–H groups in total. The lowest BCUT2D eigenvalue weighted by Gasteiger charge is -2.26. The molecule has 1 amide bonds. The van der Waals surface area contributed by atoms with Crippen molar-refractivity contribution in [2.24, 2.45) is 0 Å². The van der Waals surface area contributed by atoms with Gasteiger partial charge in [-0.15, -0.1) is 5.10 Å². The Balaban J connectivity index is 1.63. The van der Waals surface area contributed by atoms with Gasteiger partial charge >= 0.3 is 5.97 Å². The molecule has 0 aliphatic rings. The van der Waals surface area contributed by atoms with E-state index in [9.17, 15) is 9.59 Å². The Labute approximate surface area is 162 Å². The molecule has 8 nitrogen and oxygen atoms in total.